The summed E-state index contributed by atoms with van der Waals surface area (Å²) in [5.74, 6) is -0.174. The largest absolute Gasteiger partial charge is 0.756 e. The topological polar surface area (TPSA) is 108 Å². The predicted octanol–water partition coefficient (Wildman–Crippen LogP) is 11.4. The van der Waals surface area contributed by atoms with E-state index in [1.165, 1.54) is 89.9 Å². The number of aliphatic hydroxyl groups is 1. The van der Waals surface area contributed by atoms with Gasteiger partial charge in [0.1, 0.15) is 13.2 Å². The number of quaternary nitrogens is 1. The number of aliphatic hydroxyl groups excluding tert-OH is 1. The summed E-state index contributed by atoms with van der Waals surface area (Å²) in [6.45, 7) is 4.56. The minimum absolute atomic E-state index is 0.00948. The molecule has 0 spiro atoms. The van der Waals surface area contributed by atoms with E-state index < -0.39 is 20.0 Å². The fourth-order valence-corrected chi connectivity index (χ4v) is 6.81. The van der Waals surface area contributed by atoms with E-state index in [4.69, 9.17) is 9.05 Å². The van der Waals surface area contributed by atoms with E-state index in [0.29, 0.717) is 23.9 Å². The van der Waals surface area contributed by atoms with Crippen molar-refractivity contribution in [2.45, 2.75) is 193 Å². The van der Waals surface area contributed by atoms with Gasteiger partial charge in [0.2, 0.25) is 5.91 Å². The van der Waals surface area contributed by atoms with Gasteiger partial charge in [-0.15, -0.1) is 0 Å². The number of nitrogens with one attached hydrogen (secondary N) is 1. The zero-order valence-electron chi connectivity index (χ0n) is 35.7. The number of likely N-dealkylation sites (N-methyl/N-ethyl adjacent to an activating group) is 1. The van der Waals surface area contributed by atoms with Crippen LogP contribution in [-0.4, -0.2) is 68.5 Å². The van der Waals surface area contributed by atoms with Gasteiger partial charge in [-0.05, 0) is 51.4 Å². The van der Waals surface area contributed by atoms with Crippen molar-refractivity contribution in [2.75, 3.05) is 40.9 Å². The highest BCUT2D eigenvalue weighted by Crippen LogP contribution is 2.38. The van der Waals surface area contributed by atoms with E-state index in [0.717, 1.165) is 64.2 Å². The third-order valence-electron chi connectivity index (χ3n) is 9.58. The lowest BCUT2D eigenvalue weighted by molar-refractivity contribution is -0.870. The number of phosphoric ester groups is 1. The van der Waals surface area contributed by atoms with Crippen LogP contribution in [0.25, 0.3) is 0 Å². The third-order valence-corrected chi connectivity index (χ3v) is 10.5. The lowest BCUT2D eigenvalue weighted by Gasteiger charge is -2.30. The average molecular weight is 781 g/mol. The summed E-state index contributed by atoms with van der Waals surface area (Å²) in [7, 11) is 1.29. The fraction of sp³-hybridized carbons (Fsp3) is 0.800. The maximum atomic E-state index is 12.8. The number of rotatable bonds is 39. The number of nitrogens with zero attached hydrogens (tertiary/aromatic N) is 1. The number of unbranched alkanes of at least 4 members (excludes halogenated alkanes) is 18. The van der Waals surface area contributed by atoms with Gasteiger partial charge < -0.3 is 28.8 Å². The van der Waals surface area contributed by atoms with Crippen molar-refractivity contribution >= 4 is 13.7 Å². The molecule has 0 saturated heterocycles. The Labute approximate surface area is 333 Å². The molecule has 0 fully saturated rings. The predicted molar refractivity (Wildman–Crippen MR) is 228 cm³/mol. The number of allylic oxidation sites excluding steroid dienone is 8. The number of carbonyl (C=O) groups is 1. The molecule has 0 aromatic heterocycles. The zero-order chi connectivity index (χ0) is 40.0. The highest BCUT2D eigenvalue weighted by atomic mass is 31.2. The number of carbonyl (C=O) groups excluding carboxylic acids is 1. The van der Waals surface area contributed by atoms with Crippen molar-refractivity contribution < 1.29 is 32.9 Å². The highest BCUT2D eigenvalue weighted by molar-refractivity contribution is 7.45. The number of amides is 1. The molecule has 3 unspecified atom stereocenters. The summed E-state index contributed by atoms with van der Waals surface area (Å²) in [5, 5.41) is 13.8. The number of hydrogen-bond donors (Lipinski definition) is 2. The molecule has 0 bridgehead atoms. The number of phosphoric acid groups is 1. The Bertz CT molecular complexity index is 1020. The van der Waals surface area contributed by atoms with E-state index in [-0.39, 0.29) is 19.1 Å². The number of hydrogen-bond acceptors (Lipinski definition) is 6. The van der Waals surface area contributed by atoms with Crippen molar-refractivity contribution in [2.24, 2.45) is 0 Å². The van der Waals surface area contributed by atoms with Crippen LogP contribution >= 0.6 is 7.82 Å². The van der Waals surface area contributed by atoms with E-state index in [1.54, 1.807) is 0 Å². The first-order valence-electron chi connectivity index (χ1n) is 22.0. The van der Waals surface area contributed by atoms with Gasteiger partial charge in [0, 0.05) is 6.42 Å². The SMILES string of the molecule is CC/C=C\C/C=C\C/C=C\C/C=C\CCCCCCCCCCCCC(=O)NC(COP(=O)([O-])OCC[N+](C)(C)C)C(O)CCCCCCCCCCC. The van der Waals surface area contributed by atoms with Gasteiger partial charge in [0.25, 0.3) is 7.82 Å². The summed E-state index contributed by atoms with van der Waals surface area (Å²) < 4.78 is 23.2. The molecule has 0 aromatic carbocycles. The second kappa shape index (κ2) is 37.1. The van der Waals surface area contributed by atoms with Crippen LogP contribution in [0.15, 0.2) is 48.6 Å². The van der Waals surface area contributed by atoms with Gasteiger partial charge in [-0.25, -0.2) is 0 Å². The molecule has 316 valence electrons. The molecule has 1 amide bonds. The Morgan fingerprint density at radius 1 is 0.667 bits per heavy atom. The second-order valence-electron chi connectivity index (χ2n) is 16.0. The summed E-state index contributed by atoms with van der Waals surface area (Å²) in [6, 6.07) is -0.801. The Kier molecular flexibility index (Phi) is 36.0. The van der Waals surface area contributed by atoms with E-state index in [1.807, 2.05) is 21.1 Å². The summed E-state index contributed by atoms with van der Waals surface area (Å²) in [4.78, 5) is 25.3. The molecule has 0 saturated carbocycles. The Balaban J connectivity index is 4.22. The van der Waals surface area contributed by atoms with Crippen LogP contribution in [-0.2, 0) is 18.4 Å². The maximum Gasteiger partial charge on any atom is 0.268 e. The Morgan fingerprint density at radius 3 is 1.65 bits per heavy atom. The van der Waals surface area contributed by atoms with Gasteiger partial charge in [-0.3, -0.25) is 9.36 Å². The average Bonchev–Trinajstić information content (AvgIpc) is 3.12. The van der Waals surface area contributed by atoms with Crippen molar-refractivity contribution in [1.82, 2.24) is 5.32 Å². The van der Waals surface area contributed by atoms with E-state index >= 15 is 0 Å². The van der Waals surface area contributed by atoms with Gasteiger partial charge >= 0.3 is 0 Å². The Morgan fingerprint density at radius 2 is 1.13 bits per heavy atom. The van der Waals surface area contributed by atoms with Crippen LogP contribution in [0.4, 0.5) is 0 Å². The van der Waals surface area contributed by atoms with Crippen LogP contribution in [0, 0.1) is 0 Å². The van der Waals surface area contributed by atoms with E-state index in [2.05, 4.69) is 67.8 Å². The minimum atomic E-state index is -4.56. The van der Waals surface area contributed by atoms with Crippen LogP contribution in [0.3, 0.4) is 0 Å². The second-order valence-corrected chi connectivity index (χ2v) is 17.4. The monoisotopic (exact) mass is 781 g/mol. The minimum Gasteiger partial charge on any atom is -0.756 e. The van der Waals surface area contributed by atoms with Gasteiger partial charge in [-0.2, -0.15) is 0 Å². The first-order chi connectivity index (χ1) is 26.0. The highest BCUT2D eigenvalue weighted by Gasteiger charge is 2.24. The van der Waals surface area contributed by atoms with Gasteiger partial charge in [0.05, 0.1) is 39.9 Å². The normalized spacial score (nSPS) is 14.9. The van der Waals surface area contributed by atoms with Crippen LogP contribution in [0.1, 0.15) is 181 Å². The maximum absolute atomic E-state index is 12.8. The molecule has 0 aliphatic rings. The molecular weight excluding hydrogens is 695 g/mol. The van der Waals surface area contributed by atoms with Crippen molar-refractivity contribution in [3.05, 3.63) is 48.6 Å². The first kappa shape index (κ1) is 52.5. The third kappa shape index (κ3) is 38.7. The molecule has 0 rings (SSSR count). The van der Waals surface area contributed by atoms with E-state index in [9.17, 15) is 19.4 Å². The molecule has 9 heteroatoms. The summed E-state index contributed by atoms with van der Waals surface area (Å²) >= 11 is 0. The molecule has 54 heavy (non-hydrogen) atoms. The summed E-state index contributed by atoms with van der Waals surface area (Å²) in [6.07, 6.45) is 45.5. The quantitative estimate of drug-likeness (QED) is 0.0278. The molecule has 8 nitrogen and oxygen atoms in total. The first-order valence-corrected chi connectivity index (χ1v) is 23.4. The molecule has 0 aliphatic carbocycles. The van der Waals surface area contributed by atoms with Gasteiger partial charge in [0.15, 0.2) is 0 Å². The fourth-order valence-electron chi connectivity index (χ4n) is 6.09. The van der Waals surface area contributed by atoms with Crippen LogP contribution in [0.2, 0.25) is 0 Å². The van der Waals surface area contributed by atoms with Crippen molar-refractivity contribution in [3.63, 3.8) is 0 Å². The molecular formula is C45H85N2O6P. The summed E-state index contributed by atoms with van der Waals surface area (Å²) in [5.41, 5.74) is 0. The Hall–Kier alpha value is -1.54. The smallest absolute Gasteiger partial charge is 0.268 e. The lowest BCUT2D eigenvalue weighted by Crippen LogP contribution is -2.46. The molecule has 3 atom stereocenters. The van der Waals surface area contributed by atoms with Crippen LogP contribution < -0.4 is 10.2 Å². The van der Waals surface area contributed by atoms with Crippen molar-refractivity contribution in [3.8, 4) is 0 Å². The molecule has 0 radical (unpaired) electrons. The standard InChI is InChI=1S/C45H85N2O6P/c1-6-8-10-12-14-16-17-18-19-20-21-22-23-24-25-26-27-28-29-31-33-35-37-39-45(49)46-43(42-53-54(50,51)52-41-40-47(3,4)5)44(48)38-36-34-32-30-15-13-11-9-7-2/h8,10,14,16,18-19,21-22,43-44,48H,6-7,9,11-13,15,17,20,23-42H2,1-5H3,(H-,46,49,50,51)/b10-8-,16-14-,19-18-,22-21-. The zero-order valence-corrected chi connectivity index (χ0v) is 36.6. The molecule has 0 aromatic rings. The molecule has 0 aliphatic heterocycles. The van der Waals surface area contributed by atoms with Crippen LogP contribution in [0.5, 0.6) is 0 Å². The molecule has 2 N–H and O–H groups in total. The van der Waals surface area contributed by atoms with Gasteiger partial charge in [-0.1, -0.05) is 172 Å². The molecule has 0 heterocycles. The van der Waals surface area contributed by atoms with Crippen molar-refractivity contribution in [1.29, 1.82) is 0 Å². The lowest BCUT2D eigenvalue weighted by atomic mass is 10.0.